The van der Waals surface area contributed by atoms with E-state index >= 15 is 0 Å². The van der Waals surface area contributed by atoms with Crippen molar-refractivity contribution in [3.63, 3.8) is 0 Å². The Kier molecular flexibility index (Phi) is 5.47. The summed E-state index contributed by atoms with van der Waals surface area (Å²) in [5, 5.41) is 10.1. The Morgan fingerprint density at radius 3 is 2.65 bits per heavy atom. The molecule has 2 aromatic rings. The predicted octanol–water partition coefficient (Wildman–Crippen LogP) is 2.58. The molecule has 122 valence electrons. The zero-order valence-corrected chi connectivity index (χ0v) is 14.6. The fraction of sp³-hybridized carbons (Fsp3) is 0.421. The summed E-state index contributed by atoms with van der Waals surface area (Å²) >= 11 is 5.53. The molecule has 0 atom stereocenters. The van der Waals surface area contributed by atoms with Gasteiger partial charge < -0.3 is 15.5 Å². The average Bonchev–Trinajstić information content (AvgIpc) is 2.57. The smallest absolute Gasteiger partial charge is 0.171 e. The number of fused-ring (bicyclic) bond motifs is 1. The van der Waals surface area contributed by atoms with Crippen molar-refractivity contribution in [1.29, 1.82) is 0 Å². The number of nitrogens with one attached hydrogen (secondary N) is 3. The van der Waals surface area contributed by atoms with Crippen LogP contribution in [0.1, 0.15) is 26.2 Å². The van der Waals surface area contributed by atoms with E-state index in [1.807, 2.05) is 0 Å². The fourth-order valence-corrected chi connectivity index (χ4v) is 3.73. The number of thiocarbonyl (C=S) groups is 1. The van der Waals surface area contributed by atoms with Gasteiger partial charge in [0.25, 0.3) is 0 Å². The molecule has 0 bridgehead atoms. The first-order chi connectivity index (χ1) is 11.3. The van der Waals surface area contributed by atoms with Gasteiger partial charge >= 0.3 is 0 Å². The van der Waals surface area contributed by atoms with Gasteiger partial charge in [-0.1, -0.05) is 43.3 Å². The highest BCUT2D eigenvalue weighted by Crippen LogP contribution is 2.22. The van der Waals surface area contributed by atoms with Gasteiger partial charge in [-0.05, 0) is 30.1 Å². The standard InChI is InChI=1S/C19H25N3S/c1-2-12-22-13-10-16(11-14-22)20-19(23)21-18-9-5-7-15-6-3-4-8-17(15)18/h3-9,16H,2,10-14H2,1H3,(H2,20,21,23)/p+1. The summed E-state index contributed by atoms with van der Waals surface area (Å²) in [4.78, 5) is 1.73. The molecule has 0 unspecified atom stereocenters. The van der Waals surface area contributed by atoms with E-state index < -0.39 is 0 Å². The van der Waals surface area contributed by atoms with E-state index in [2.05, 4.69) is 60.0 Å². The molecule has 0 aromatic heterocycles. The number of quaternary nitrogens is 1. The predicted molar refractivity (Wildman–Crippen MR) is 102 cm³/mol. The van der Waals surface area contributed by atoms with Crippen LogP contribution in [0, 0.1) is 0 Å². The van der Waals surface area contributed by atoms with E-state index in [9.17, 15) is 0 Å². The van der Waals surface area contributed by atoms with Crippen molar-refractivity contribution in [2.75, 3.05) is 25.0 Å². The van der Waals surface area contributed by atoms with E-state index in [0.29, 0.717) is 6.04 Å². The van der Waals surface area contributed by atoms with E-state index in [1.165, 1.54) is 49.7 Å². The second kappa shape index (κ2) is 7.75. The lowest BCUT2D eigenvalue weighted by Gasteiger charge is -2.30. The maximum absolute atomic E-state index is 5.53. The summed E-state index contributed by atoms with van der Waals surface area (Å²) in [5.74, 6) is 0. The summed E-state index contributed by atoms with van der Waals surface area (Å²) in [6.45, 7) is 6.07. The van der Waals surface area contributed by atoms with Gasteiger partial charge in [0.15, 0.2) is 5.11 Å². The highest BCUT2D eigenvalue weighted by atomic mass is 32.1. The summed E-state index contributed by atoms with van der Waals surface area (Å²) in [6, 6.07) is 15.2. The third kappa shape index (κ3) is 4.21. The second-order valence-corrected chi connectivity index (χ2v) is 6.81. The Bertz CT molecular complexity index is 657. The molecular weight excluding hydrogens is 302 g/mol. The Balaban J connectivity index is 1.57. The largest absolute Gasteiger partial charge is 0.359 e. The van der Waals surface area contributed by atoms with Crippen LogP contribution >= 0.6 is 12.2 Å². The molecule has 1 aliphatic heterocycles. The minimum Gasteiger partial charge on any atom is -0.359 e. The quantitative estimate of drug-likeness (QED) is 0.754. The minimum absolute atomic E-state index is 0.505. The molecule has 0 aliphatic carbocycles. The lowest BCUT2D eigenvalue weighted by molar-refractivity contribution is -0.905. The Morgan fingerprint density at radius 1 is 1.13 bits per heavy atom. The first-order valence-electron chi connectivity index (χ1n) is 8.65. The third-order valence-corrected chi connectivity index (χ3v) is 4.89. The van der Waals surface area contributed by atoms with Crippen LogP contribution in [0.4, 0.5) is 5.69 Å². The molecule has 2 aromatic carbocycles. The van der Waals surface area contributed by atoms with Crippen molar-refractivity contribution in [2.45, 2.75) is 32.2 Å². The number of piperidine rings is 1. The van der Waals surface area contributed by atoms with Crippen LogP contribution in [0.2, 0.25) is 0 Å². The van der Waals surface area contributed by atoms with Crippen molar-refractivity contribution in [3.05, 3.63) is 42.5 Å². The number of anilines is 1. The molecule has 1 fully saturated rings. The van der Waals surface area contributed by atoms with Crippen molar-refractivity contribution in [1.82, 2.24) is 5.32 Å². The monoisotopic (exact) mass is 328 g/mol. The average molecular weight is 329 g/mol. The molecule has 4 heteroatoms. The minimum atomic E-state index is 0.505. The molecule has 1 aliphatic rings. The zero-order valence-electron chi connectivity index (χ0n) is 13.8. The molecular formula is C19H26N3S+. The van der Waals surface area contributed by atoms with Gasteiger partial charge in [0.05, 0.1) is 19.6 Å². The first kappa shape index (κ1) is 16.2. The molecule has 1 heterocycles. The van der Waals surface area contributed by atoms with Crippen LogP contribution in [0.3, 0.4) is 0 Å². The number of hydrogen-bond donors (Lipinski definition) is 3. The van der Waals surface area contributed by atoms with Crippen molar-refractivity contribution in [2.24, 2.45) is 0 Å². The molecule has 0 amide bonds. The van der Waals surface area contributed by atoms with E-state index in [1.54, 1.807) is 4.90 Å². The van der Waals surface area contributed by atoms with Gasteiger partial charge in [-0.2, -0.15) is 0 Å². The molecule has 23 heavy (non-hydrogen) atoms. The van der Waals surface area contributed by atoms with Gasteiger partial charge in [-0.15, -0.1) is 0 Å². The summed E-state index contributed by atoms with van der Waals surface area (Å²) in [6.07, 6.45) is 3.67. The number of benzene rings is 2. The van der Waals surface area contributed by atoms with E-state index in [0.717, 1.165) is 10.8 Å². The van der Waals surface area contributed by atoms with Crippen molar-refractivity contribution < 1.29 is 4.90 Å². The zero-order chi connectivity index (χ0) is 16.1. The maximum atomic E-state index is 5.53. The van der Waals surface area contributed by atoms with Crippen LogP contribution in [0.25, 0.3) is 10.8 Å². The van der Waals surface area contributed by atoms with E-state index in [4.69, 9.17) is 12.2 Å². The molecule has 3 rings (SSSR count). The Morgan fingerprint density at radius 2 is 1.87 bits per heavy atom. The lowest BCUT2D eigenvalue weighted by atomic mass is 10.1. The van der Waals surface area contributed by atoms with Gasteiger partial charge in [-0.3, -0.25) is 0 Å². The molecule has 3 N–H and O–H groups in total. The van der Waals surface area contributed by atoms with Crippen molar-refractivity contribution in [3.8, 4) is 0 Å². The lowest BCUT2D eigenvalue weighted by Crippen LogP contribution is -3.13. The summed E-state index contributed by atoms with van der Waals surface area (Å²) in [5.41, 5.74) is 1.08. The third-order valence-electron chi connectivity index (χ3n) is 4.67. The van der Waals surface area contributed by atoms with Crippen LogP contribution in [-0.2, 0) is 0 Å². The molecule has 0 saturated carbocycles. The number of rotatable bonds is 4. The topological polar surface area (TPSA) is 28.5 Å². The van der Waals surface area contributed by atoms with Crippen LogP contribution in [0.5, 0.6) is 0 Å². The van der Waals surface area contributed by atoms with E-state index in [-0.39, 0.29) is 0 Å². The number of hydrogen-bond acceptors (Lipinski definition) is 1. The van der Waals surface area contributed by atoms with Crippen LogP contribution in [0.15, 0.2) is 42.5 Å². The summed E-state index contributed by atoms with van der Waals surface area (Å²) < 4.78 is 0. The molecule has 3 nitrogen and oxygen atoms in total. The molecule has 0 spiro atoms. The molecule has 0 radical (unpaired) electrons. The first-order valence-corrected chi connectivity index (χ1v) is 9.06. The SMILES string of the molecule is CCC[NH+]1CCC(NC(=S)Nc2cccc3ccccc23)CC1. The summed E-state index contributed by atoms with van der Waals surface area (Å²) in [7, 11) is 0. The maximum Gasteiger partial charge on any atom is 0.171 e. The van der Waals surface area contributed by atoms with Crippen LogP contribution < -0.4 is 15.5 Å². The highest BCUT2D eigenvalue weighted by molar-refractivity contribution is 7.80. The Hall–Kier alpha value is -1.65. The van der Waals surface area contributed by atoms with Gasteiger partial charge in [0, 0.05) is 30.0 Å². The van der Waals surface area contributed by atoms with Crippen LogP contribution in [-0.4, -0.2) is 30.8 Å². The normalized spacial score (nSPS) is 21.1. The van der Waals surface area contributed by atoms with Gasteiger partial charge in [-0.25, -0.2) is 0 Å². The Labute approximate surface area is 144 Å². The highest BCUT2D eigenvalue weighted by Gasteiger charge is 2.21. The fourth-order valence-electron chi connectivity index (χ4n) is 3.45. The molecule has 1 saturated heterocycles. The number of likely N-dealkylation sites (tertiary alicyclic amines) is 1. The van der Waals surface area contributed by atoms with Gasteiger partial charge in [0.2, 0.25) is 0 Å². The van der Waals surface area contributed by atoms with Crippen molar-refractivity contribution >= 4 is 33.8 Å². The second-order valence-electron chi connectivity index (χ2n) is 6.40. The van der Waals surface area contributed by atoms with Gasteiger partial charge in [0.1, 0.15) is 0 Å².